The maximum absolute atomic E-state index is 15.7. The second kappa shape index (κ2) is 23.9. The summed E-state index contributed by atoms with van der Waals surface area (Å²) in [5.41, 5.74) is 8.58. The molecule has 6 heteroatoms. The quantitative estimate of drug-likeness (QED) is 0.0664. The Balaban J connectivity index is 2.47. The SMILES string of the molecule is C=CC(C/C=C/C(C)C)NC/C(B(c1ccc(C(C)(C)CCC(C)C)cc1)c1coc2c1C(C)(C)CCC2(C)C)=C(\C=C/C)NC(=C/C)/C(=C\CC(C)(C)C)C/C(F)=C\C=C/CF. The van der Waals surface area contributed by atoms with Crippen LogP contribution in [0.15, 0.2) is 131 Å². The topological polar surface area (TPSA) is 37.2 Å². The van der Waals surface area contributed by atoms with Crippen molar-refractivity contribution in [1.29, 1.82) is 0 Å². The molecule has 1 heterocycles. The Morgan fingerprint density at radius 1 is 0.968 bits per heavy atom. The van der Waals surface area contributed by atoms with E-state index in [-0.39, 0.29) is 46.7 Å². The molecule has 1 aromatic carbocycles. The Kier molecular flexibility index (Phi) is 20.2. The van der Waals surface area contributed by atoms with Gasteiger partial charge in [-0.1, -0.05) is 180 Å². The van der Waals surface area contributed by atoms with E-state index in [0.717, 1.165) is 60.3 Å². The Bertz CT molecular complexity index is 1990. The van der Waals surface area contributed by atoms with Gasteiger partial charge in [-0.2, -0.15) is 0 Å². The first-order chi connectivity index (χ1) is 29.5. The van der Waals surface area contributed by atoms with E-state index < -0.39 is 6.67 Å². The number of hydrogen-bond donors (Lipinski definition) is 2. The third-order valence-corrected chi connectivity index (χ3v) is 12.7. The van der Waals surface area contributed by atoms with Crippen molar-refractivity contribution < 1.29 is 13.2 Å². The molecule has 63 heavy (non-hydrogen) atoms. The number of alkyl halides is 1. The zero-order valence-electron chi connectivity index (χ0n) is 42.2. The van der Waals surface area contributed by atoms with Crippen LogP contribution in [0, 0.1) is 17.3 Å². The van der Waals surface area contributed by atoms with Gasteiger partial charge in [-0.3, -0.25) is 0 Å². The van der Waals surface area contributed by atoms with Crippen LogP contribution in [0.5, 0.6) is 0 Å². The Morgan fingerprint density at radius 3 is 2.21 bits per heavy atom. The van der Waals surface area contributed by atoms with Crippen LogP contribution in [0.25, 0.3) is 0 Å². The van der Waals surface area contributed by atoms with Crippen LogP contribution in [0.2, 0.25) is 0 Å². The molecular weight excluding hydrogens is 777 g/mol. The van der Waals surface area contributed by atoms with Gasteiger partial charge >= 0.3 is 0 Å². The van der Waals surface area contributed by atoms with Crippen LogP contribution in [0.1, 0.15) is 166 Å². The molecule has 0 amide bonds. The molecule has 2 N–H and O–H groups in total. The van der Waals surface area contributed by atoms with Gasteiger partial charge in [-0.05, 0) is 108 Å². The molecule has 346 valence electrons. The van der Waals surface area contributed by atoms with Crippen molar-refractivity contribution >= 4 is 17.6 Å². The molecule has 0 spiro atoms. The number of halogens is 2. The zero-order valence-corrected chi connectivity index (χ0v) is 42.2. The first kappa shape index (κ1) is 53.4. The minimum absolute atomic E-state index is 0.0131. The second-order valence-corrected chi connectivity index (χ2v) is 21.8. The average Bonchev–Trinajstić information content (AvgIpc) is 3.67. The molecular formula is C57H85BF2N2O. The second-order valence-electron chi connectivity index (χ2n) is 21.8. The summed E-state index contributed by atoms with van der Waals surface area (Å²) in [6.07, 6.45) is 27.2. The van der Waals surface area contributed by atoms with E-state index in [4.69, 9.17) is 4.42 Å². The van der Waals surface area contributed by atoms with Crippen LogP contribution < -0.4 is 21.6 Å². The predicted molar refractivity (Wildman–Crippen MR) is 273 cm³/mol. The van der Waals surface area contributed by atoms with Crippen LogP contribution in [0.4, 0.5) is 8.78 Å². The fraction of sp³-hybridized carbons (Fsp3) is 0.544. The molecule has 2 aromatic rings. The summed E-state index contributed by atoms with van der Waals surface area (Å²) < 4.78 is 35.4. The molecule has 3 nitrogen and oxygen atoms in total. The molecule has 3 rings (SSSR count). The van der Waals surface area contributed by atoms with Crippen molar-refractivity contribution in [2.24, 2.45) is 17.3 Å². The number of furan rings is 1. The lowest BCUT2D eigenvalue weighted by Gasteiger charge is -2.39. The average molecular weight is 863 g/mol. The number of allylic oxidation sites excluding steroid dienone is 10. The van der Waals surface area contributed by atoms with E-state index in [9.17, 15) is 4.39 Å². The fourth-order valence-electron chi connectivity index (χ4n) is 8.54. The third kappa shape index (κ3) is 15.9. The molecule has 0 saturated carbocycles. The third-order valence-electron chi connectivity index (χ3n) is 12.7. The molecule has 1 unspecified atom stereocenters. The summed E-state index contributed by atoms with van der Waals surface area (Å²) in [4.78, 5) is 0. The molecule has 0 bridgehead atoms. The number of nitrogens with one attached hydrogen (secondary N) is 2. The smallest absolute Gasteiger partial charge is 0.245 e. The molecule has 1 aromatic heterocycles. The molecule has 1 aliphatic carbocycles. The summed E-state index contributed by atoms with van der Waals surface area (Å²) in [6, 6.07) is 9.41. The van der Waals surface area contributed by atoms with Crippen LogP contribution in [-0.4, -0.2) is 26.0 Å². The van der Waals surface area contributed by atoms with Crippen molar-refractivity contribution in [2.45, 2.75) is 171 Å². The van der Waals surface area contributed by atoms with E-state index in [1.165, 1.54) is 46.7 Å². The highest BCUT2D eigenvalue weighted by Crippen LogP contribution is 2.46. The van der Waals surface area contributed by atoms with E-state index >= 15 is 4.39 Å². The standard InChI is InChI=1S/C57H85BF2N2O/c1-17-23-51(62-50(19-3)43(32-33-54(8,9)10)38-46(60)25-20-21-37-59)48(39-61-47(18-2)26-22-24-41(4)5)58(45-29-27-44(28-30-45)55(11,12)34-31-42(6)7)49-40-63-53-52(49)56(13,14)35-36-57(53,15)16/h17-25,27-30,32,40-42,47,61-62H,2,26,31,33-39H2,1,3-16H3/b21-20-,23-17-,24-22+,43-32-,46-25+,50-19+,51-48-. The summed E-state index contributed by atoms with van der Waals surface area (Å²) >= 11 is 0. The molecule has 0 saturated heterocycles. The zero-order chi connectivity index (χ0) is 47.2. The van der Waals surface area contributed by atoms with Gasteiger partial charge in [0.2, 0.25) is 6.71 Å². The van der Waals surface area contributed by atoms with Crippen LogP contribution in [-0.2, 0) is 16.2 Å². The van der Waals surface area contributed by atoms with E-state index in [0.29, 0.717) is 18.4 Å². The Morgan fingerprint density at radius 2 is 1.63 bits per heavy atom. The van der Waals surface area contributed by atoms with E-state index in [1.807, 2.05) is 25.3 Å². The van der Waals surface area contributed by atoms with Crippen molar-refractivity contribution in [2.75, 3.05) is 13.2 Å². The molecule has 0 fully saturated rings. The minimum Gasteiger partial charge on any atom is -0.469 e. The normalized spacial score (nSPS) is 17.3. The van der Waals surface area contributed by atoms with E-state index in [1.54, 1.807) is 0 Å². The maximum Gasteiger partial charge on any atom is 0.245 e. The highest BCUT2D eigenvalue weighted by Gasteiger charge is 2.44. The van der Waals surface area contributed by atoms with Crippen molar-refractivity contribution in [1.82, 2.24) is 10.6 Å². The first-order valence-corrected chi connectivity index (χ1v) is 23.8. The molecule has 1 atom stereocenters. The van der Waals surface area contributed by atoms with Crippen molar-refractivity contribution in [3.8, 4) is 0 Å². The summed E-state index contributed by atoms with van der Waals surface area (Å²) in [5, 5.41) is 7.84. The van der Waals surface area contributed by atoms with Gasteiger partial charge in [0.1, 0.15) is 18.3 Å². The summed E-state index contributed by atoms with van der Waals surface area (Å²) in [7, 11) is 0. The summed E-state index contributed by atoms with van der Waals surface area (Å²) in [6.45, 7) is 37.7. The highest BCUT2D eigenvalue weighted by atomic mass is 19.1. The minimum atomic E-state index is -0.637. The van der Waals surface area contributed by atoms with Crippen molar-refractivity contribution in [3.63, 3.8) is 0 Å². The van der Waals surface area contributed by atoms with Gasteiger partial charge in [0.15, 0.2) is 0 Å². The monoisotopic (exact) mass is 863 g/mol. The van der Waals surface area contributed by atoms with Gasteiger partial charge in [-0.25, -0.2) is 8.78 Å². The van der Waals surface area contributed by atoms with Crippen LogP contribution >= 0.6 is 0 Å². The highest BCUT2D eigenvalue weighted by molar-refractivity contribution is 6.91. The van der Waals surface area contributed by atoms with Crippen LogP contribution in [0.3, 0.4) is 0 Å². The number of hydrogen-bond acceptors (Lipinski definition) is 3. The first-order valence-electron chi connectivity index (χ1n) is 23.8. The lowest BCUT2D eigenvalue weighted by Crippen LogP contribution is -2.52. The fourth-order valence-corrected chi connectivity index (χ4v) is 8.54. The lowest BCUT2D eigenvalue weighted by atomic mass is 9.34. The summed E-state index contributed by atoms with van der Waals surface area (Å²) in [5.74, 6) is 1.85. The molecule has 1 aliphatic rings. The number of fused-ring (bicyclic) bond motifs is 1. The number of benzene rings is 1. The van der Waals surface area contributed by atoms with Gasteiger partial charge in [-0.15, -0.1) is 6.58 Å². The van der Waals surface area contributed by atoms with Gasteiger partial charge in [0.25, 0.3) is 0 Å². The van der Waals surface area contributed by atoms with Crippen molar-refractivity contribution in [3.05, 3.63) is 143 Å². The Labute approximate surface area is 384 Å². The molecule has 0 radical (unpaired) electrons. The maximum atomic E-state index is 15.7. The molecule has 0 aliphatic heterocycles. The van der Waals surface area contributed by atoms with Gasteiger partial charge in [0, 0.05) is 35.8 Å². The lowest BCUT2D eigenvalue weighted by molar-refractivity contribution is 0.278. The number of rotatable bonds is 23. The predicted octanol–water partition coefficient (Wildman–Crippen LogP) is 14.7. The van der Waals surface area contributed by atoms with Gasteiger partial charge in [0.05, 0.1) is 6.26 Å². The Hall–Kier alpha value is -3.90. The van der Waals surface area contributed by atoms with E-state index in [2.05, 4.69) is 169 Å². The largest absolute Gasteiger partial charge is 0.469 e. The van der Waals surface area contributed by atoms with Gasteiger partial charge < -0.3 is 15.1 Å².